The summed E-state index contributed by atoms with van der Waals surface area (Å²) in [5.74, 6) is -0.693. The minimum Gasteiger partial charge on any atom is -0.449 e. The number of carbonyl (C=O) groups is 5. The second-order valence-electron chi connectivity index (χ2n) is 11.6. The number of Topliss-reactive ketones (excluding diaryl/α,β-unsaturated/α-hetero) is 1. The Morgan fingerprint density at radius 3 is 1.98 bits per heavy atom. The van der Waals surface area contributed by atoms with E-state index in [1.807, 2.05) is 78.1 Å². The van der Waals surface area contributed by atoms with Crippen LogP contribution in [0.5, 0.6) is 0 Å². The zero-order valence-electron chi connectivity index (χ0n) is 26.2. The van der Waals surface area contributed by atoms with Crippen molar-refractivity contribution < 1.29 is 28.7 Å². The molecule has 0 aliphatic heterocycles. The topological polar surface area (TPSA) is 143 Å². The lowest BCUT2D eigenvalue weighted by Crippen LogP contribution is -2.57. The first-order valence-electron chi connectivity index (χ1n) is 14.7. The lowest BCUT2D eigenvalue weighted by molar-refractivity contribution is -0.133. The van der Waals surface area contributed by atoms with Gasteiger partial charge in [-0.05, 0) is 42.2 Å². The number of rotatable bonds is 19. The van der Waals surface area contributed by atoms with Crippen LogP contribution in [0.15, 0.2) is 30.3 Å². The summed E-state index contributed by atoms with van der Waals surface area (Å²) in [6, 6.07) is 6.55. The molecular formula is C31H50N4O6S. The average Bonchev–Trinajstić information content (AvgIpc) is 2.93. The van der Waals surface area contributed by atoms with Crippen molar-refractivity contribution in [2.45, 2.75) is 85.4 Å². The molecule has 0 saturated carbocycles. The monoisotopic (exact) mass is 606 g/mol. The molecule has 0 fully saturated rings. The molecule has 0 heterocycles. The van der Waals surface area contributed by atoms with E-state index in [0.717, 1.165) is 5.56 Å². The first kappa shape index (κ1) is 36.9. The number of ether oxygens (including phenoxy) is 1. The molecule has 0 bridgehead atoms. The molecule has 0 spiro atoms. The molecule has 4 N–H and O–H groups in total. The fourth-order valence-corrected chi connectivity index (χ4v) is 4.43. The summed E-state index contributed by atoms with van der Waals surface area (Å²) < 4.78 is 5.19. The lowest BCUT2D eigenvalue weighted by atomic mass is 10.0. The standard InChI is InChI=1S/C31H50N4O6S/c1-20(2)17-25(33-29(38)24(14-16-42-7)35-31(40)41-19-21(3)4)30(39)34-26(18-23-11-9-8-10-12-23)28(37)32-15-13-27(36)22(5)6/h8-12,20-22,24-26H,13-19H2,1-7H3,(H,32,37)(H,33,38)(H,34,39)(H,35,40). The zero-order valence-corrected chi connectivity index (χ0v) is 27.0. The van der Waals surface area contributed by atoms with Crippen LogP contribution in [-0.4, -0.2) is 72.9 Å². The Morgan fingerprint density at radius 1 is 0.786 bits per heavy atom. The number of carbonyl (C=O) groups excluding carboxylic acids is 5. The molecule has 0 aliphatic rings. The number of hydrogen-bond acceptors (Lipinski definition) is 7. The van der Waals surface area contributed by atoms with Crippen LogP contribution >= 0.6 is 11.8 Å². The van der Waals surface area contributed by atoms with E-state index in [1.54, 1.807) is 0 Å². The highest BCUT2D eigenvalue weighted by Crippen LogP contribution is 2.10. The van der Waals surface area contributed by atoms with Gasteiger partial charge in [-0.3, -0.25) is 19.2 Å². The van der Waals surface area contributed by atoms with Crippen LogP contribution in [0.4, 0.5) is 4.79 Å². The summed E-state index contributed by atoms with van der Waals surface area (Å²) in [6.45, 7) is 11.7. The fraction of sp³-hybridized carbons (Fsp3) is 0.645. The molecule has 1 rings (SSSR count). The van der Waals surface area contributed by atoms with Crippen molar-refractivity contribution in [1.82, 2.24) is 21.3 Å². The Bertz CT molecular complexity index is 1000. The van der Waals surface area contributed by atoms with Crippen LogP contribution in [0, 0.1) is 17.8 Å². The Balaban J connectivity index is 3.06. The summed E-state index contributed by atoms with van der Waals surface area (Å²) in [5.41, 5.74) is 0.849. The maximum Gasteiger partial charge on any atom is 0.407 e. The molecule has 0 radical (unpaired) electrons. The molecule has 0 aliphatic carbocycles. The molecule has 1 aromatic rings. The summed E-state index contributed by atoms with van der Waals surface area (Å²) >= 11 is 1.53. The maximum atomic E-state index is 13.6. The predicted molar refractivity (Wildman–Crippen MR) is 167 cm³/mol. The van der Waals surface area contributed by atoms with E-state index in [9.17, 15) is 24.0 Å². The largest absolute Gasteiger partial charge is 0.449 e. The molecule has 0 saturated heterocycles. The van der Waals surface area contributed by atoms with Crippen molar-refractivity contribution in [1.29, 1.82) is 0 Å². The van der Waals surface area contributed by atoms with E-state index in [-0.39, 0.29) is 49.5 Å². The quantitative estimate of drug-likeness (QED) is 0.189. The maximum absolute atomic E-state index is 13.6. The van der Waals surface area contributed by atoms with E-state index < -0.39 is 41.9 Å². The average molecular weight is 607 g/mol. The van der Waals surface area contributed by atoms with Gasteiger partial charge in [-0.25, -0.2) is 4.79 Å². The molecule has 4 amide bonds. The zero-order chi connectivity index (χ0) is 31.7. The smallest absolute Gasteiger partial charge is 0.407 e. The Hall–Kier alpha value is -3.08. The Labute approximate surface area is 255 Å². The third kappa shape index (κ3) is 15.2. The van der Waals surface area contributed by atoms with Gasteiger partial charge < -0.3 is 26.0 Å². The number of ketones is 1. The van der Waals surface area contributed by atoms with E-state index in [1.165, 1.54) is 11.8 Å². The SMILES string of the molecule is CSCCC(NC(=O)OCC(C)C)C(=O)NC(CC(C)C)C(=O)NC(Cc1ccccc1)C(=O)NCCC(=O)C(C)C. The second-order valence-corrected chi connectivity index (χ2v) is 12.6. The predicted octanol–water partition coefficient (Wildman–Crippen LogP) is 3.48. The van der Waals surface area contributed by atoms with Crippen molar-refractivity contribution >= 4 is 41.4 Å². The number of thioether (sulfide) groups is 1. The van der Waals surface area contributed by atoms with Gasteiger partial charge in [0.15, 0.2) is 0 Å². The van der Waals surface area contributed by atoms with Gasteiger partial charge in [0.1, 0.15) is 23.9 Å². The second kappa shape index (κ2) is 19.9. The van der Waals surface area contributed by atoms with Gasteiger partial charge in [0.25, 0.3) is 0 Å². The number of benzene rings is 1. The van der Waals surface area contributed by atoms with Gasteiger partial charge in [0.2, 0.25) is 17.7 Å². The molecule has 10 nitrogen and oxygen atoms in total. The van der Waals surface area contributed by atoms with Gasteiger partial charge in [-0.2, -0.15) is 11.8 Å². The normalized spacial score (nSPS) is 13.3. The van der Waals surface area contributed by atoms with Gasteiger partial charge in [-0.1, -0.05) is 71.9 Å². The van der Waals surface area contributed by atoms with Gasteiger partial charge in [0, 0.05) is 25.3 Å². The van der Waals surface area contributed by atoms with Gasteiger partial charge >= 0.3 is 6.09 Å². The minimum absolute atomic E-state index is 0.0383. The van der Waals surface area contributed by atoms with E-state index in [2.05, 4.69) is 21.3 Å². The summed E-state index contributed by atoms with van der Waals surface area (Å²) in [4.78, 5) is 64.4. The molecular weight excluding hydrogens is 556 g/mol. The molecule has 3 unspecified atom stereocenters. The Kier molecular flexibility index (Phi) is 17.5. The first-order chi connectivity index (χ1) is 19.8. The van der Waals surface area contributed by atoms with Crippen LogP contribution in [0.1, 0.15) is 66.4 Å². The van der Waals surface area contributed by atoms with E-state index in [4.69, 9.17) is 4.74 Å². The Morgan fingerprint density at radius 2 is 1.40 bits per heavy atom. The molecule has 11 heteroatoms. The summed E-state index contributed by atoms with van der Waals surface area (Å²) in [7, 11) is 0. The number of hydrogen-bond donors (Lipinski definition) is 4. The molecule has 1 aromatic carbocycles. The first-order valence-corrected chi connectivity index (χ1v) is 16.1. The van der Waals surface area contributed by atoms with E-state index >= 15 is 0 Å². The highest BCUT2D eigenvalue weighted by Gasteiger charge is 2.30. The van der Waals surface area contributed by atoms with Crippen LogP contribution in [0.25, 0.3) is 0 Å². The van der Waals surface area contributed by atoms with Crippen molar-refractivity contribution in [3.63, 3.8) is 0 Å². The van der Waals surface area contributed by atoms with Crippen molar-refractivity contribution in [3.05, 3.63) is 35.9 Å². The van der Waals surface area contributed by atoms with Gasteiger partial charge in [0.05, 0.1) is 6.61 Å². The molecule has 236 valence electrons. The minimum atomic E-state index is -0.934. The van der Waals surface area contributed by atoms with Crippen molar-refractivity contribution in [2.24, 2.45) is 17.8 Å². The van der Waals surface area contributed by atoms with Crippen LogP contribution < -0.4 is 21.3 Å². The molecule has 0 aromatic heterocycles. The van der Waals surface area contributed by atoms with Crippen LogP contribution in [0.3, 0.4) is 0 Å². The molecule has 3 atom stereocenters. The van der Waals surface area contributed by atoms with Crippen LogP contribution in [0.2, 0.25) is 0 Å². The number of alkyl carbamates (subject to hydrolysis) is 1. The number of amides is 4. The van der Waals surface area contributed by atoms with Crippen LogP contribution in [-0.2, 0) is 30.3 Å². The highest BCUT2D eigenvalue weighted by atomic mass is 32.2. The lowest BCUT2D eigenvalue weighted by Gasteiger charge is -2.26. The molecule has 42 heavy (non-hydrogen) atoms. The van der Waals surface area contributed by atoms with Crippen molar-refractivity contribution in [2.75, 3.05) is 25.2 Å². The van der Waals surface area contributed by atoms with E-state index in [0.29, 0.717) is 18.6 Å². The summed E-state index contributed by atoms with van der Waals surface area (Å²) in [5, 5.41) is 11.0. The third-order valence-electron chi connectivity index (χ3n) is 6.34. The van der Waals surface area contributed by atoms with Gasteiger partial charge in [-0.15, -0.1) is 0 Å². The van der Waals surface area contributed by atoms with Crippen molar-refractivity contribution in [3.8, 4) is 0 Å². The number of nitrogens with one attached hydrogen (secondary N) is 4. The highest BCUT2D eigenvalue weighted by molar-refractivity contribution is 7.98. The third-order valence-corrected chi connectivity index (χ3v) is 6.98. The summed E-state index contributed by atoms with van der Waals surface area (Å²) in [6.07, 6.45) is 2.33. The fourth-order valence-electron chi connectivity index (χ4n) is 3.96.